The van der Waals surface area contributed by atoms with Crippen molar-refractivity contribution >= 4 is 16.9 Å². The standard InChI is InChI=1S/C13H15N5O/c19-13(16-7-10-2-1-5-15-10)11-4-3-9-6-14-8-17-12(9)18-11/h3-4,6,8,10,15H,1-2,5,7H2,(H,16,19). The summed E-state index contributed by atoms with van der Waals surface area (Å²) in [6, 6.07) is 3.89. The molecule has 2 N–H and O–H groups in total. The van der Waals surface area contributed by atoms with E-state index in [-0.39, 0.29) is 5.91 Å². The van der Waals surface area contributed by atoms with Gasteiger partial charge in [-0.05, 0) is 31.5 Å². The van der Waals surface area contributed by atoms with Gasteiger partial charge in [0.25, 0.3) is 5.91 Å². The average molecular weight is 257 g/mol. The van der Waals surface area contributed by atoms with Crippen LogP contribution in [0.4, 0.5) is 0 Å². The molecule has 3 rings (SSSR count). The first kappa shape index (κ1) is 12.0. The highest BCUT2D eigenvalue weighted by Crippen LogP contribution is 2.08. The highest BCUT2D eigenvalue weighted by atomic mass is 16.1. The minimum Gasteiger partial charge on any atom is -0.349 e. The first-order valence-corrected chi connectivity index (χ1v) is 6.41. The van der Waals surface area contributed by atoms with Crippen LogP contribution < -0.4 is 10.6 Å². The highest BCUT2D eigenvalue weighted by molar-refractivity contribution is 5.94. The van der Waals surface area contributed by atoms with E-state index >= 15 is 0 Å². The van der Waals surface area contributed by atoms with Crippen molar-refractivity contribution in [2.24, 2.45) is 0 Å². The van der Waals surface area contributed by atoms with Crippen LogP contribution in [-0.2, 0) is 0 Å². The Bertz CT molecular complexity index is 594. The molecule has 0 bridgehead atoms. The molecular weight excluding hydrogens is 242 g/mol. The van der Waals surface area contributed by atoms with E-state index < -0.39 is 0 Å². The first-order valence-electron chi connectivity index (χ1n) is 6.41. The summed E-state index contributed by atoms with van der Waals surface area (Å²) in [4.78, 5) is 24.2. The van der Waals surface area contributed by atoms with Crippen LogP contribution in [0.2, 0.25) is 0 Å². The average Bonchev–Trinajstić information content (AvgIpc) is 2.97. The molecule has 0 spiro atoms. The Kier molecular flexibility index (Phi) is 3.33. The Hall–Kier alpha value is -2.08. The van der Waals surface area contributed by atoms with Gasteiger partial charge < -0.3 is 10.6 Å². The fourth-order valence-electron chi connectivity index (χ4n) is 2.23. The summed E-state index contributed by atoms with van der Waals surface area (Å²) in [5, 5.41) is 7.07. The predicted molar refractivity (Wildman–Crippen MR) is 70.7 cm³/mol. The van der Waals surface area contributed by atoms with Gasteiger partial charge in [0.1, 0.15) is 12.0 Å². The summed E-state index contributed by atoms with van der Waals surface area (Å²) in [6.45, 7) is 1.67. The molecule has 0 radical (unpaired) electrons. The molecule has 1 amide bonds. The number of amides is 1. The van der Waals surface area contributed by atoms with Crippen LogP contribution in [-0.4, -0.2) is 40.0 Å². The van der Waals surface area contributed by atoms with Crippen molar-refractivity contribution in [3.05, 3.63) is 30.4 Å². The van der Waals surface area contributed by atoms with Gasteiger partial charge >= 0.3 is 0 Å². The van der Waals surface area contributed by atoms with Gasteiger partial charge in [-0.25, -0.2) is 15.0 Å². The molecule has 1 aliphatic heterocycles. The van der Waals surface area contributed by atoms with Crippen LogP contribution >= 0.6 is 0 Å². The molecule has 1 aliphatic rings. The summed E-state index contributed by atoms with van der Waals surface area (Å²) in [5.41, 5.74) is 0.936. The summed E-state index contributed by atoms with van der Waals surface area (Å²) >= 11 is 0. The van der Waals surface area contributed by atoms with Crippen molar-refractivity contribution in [3.8, 4) is 0 Å². The molecule has 19 heavy (non-hydrogen) atoms. The number of hydrogen-bond donors (Lipinski definition) is 2. The largest absolute Gasteiger partial charge is 0.349 e. The normalized spacial score (nSPS) is 18.6. The molecular formula is C13H15N5O. The molecule has 0 aromatic carbocycles. The molecule has 6 heteroatoms. The lowest BCUT2D eigenvalue weighted by Gasteiger charge is -2.11. The third-order valence-corrected chi connectivity index (χ3v) is 3.27. The quantitative estimate of drug-likeness (QED) is 0.837. The van der Waals surface area contributed by atoms with E-state index in [9.17, 15) is 4.79 Å². The SMILES string of the molecule is O=C(NCC1CCCN1)c1ccc2cncnc2n1. The van der Waals surface area contributed by atoms with Gasteiger partial charge in [0, 0.05) is 24.2 Å². The van der Waals surface area contributed by atoms with E-state index in [1.54, 1.807) is 12.3 Å². The van der Waals surface area contributed by atoms with Gasteiger partial charge in [-0.2, -0.15) is 0 Å². The molecule has 98 valence electrons. The molecule has 0 aliphatic carbocycles. The lowest BCUT2D eigenvalue weighted by Crippen LogP contribution is -2.37. The highest BCUT2D eigenvalue weighted by Gasteiger charge is 2.15. The first-order chi connectivity index (χ1) is 9.33. The lowest BCUT2D eigenvalue weighted by molar-refractivity contribution is 0.0945. The van der Waals surface area contributed by atoms with E-state index in [1.165, 1.54) is 12.7 Å². The number of pyridine rings is 1. The maximum absolute atomic E-state index is 12.0. The van der Waals surface area contributed by atoms with Crippen molar-refractivity contribution < 1.29 is 4.79 Å². The molecule has 0 saturated carbocycles. The van der Waals surface area contributed by atoms with Gasteiger partial charge in [-0.15, -0.1) is 0 Å². The molecule has 3 heterocycles. The fraction of sp³-hybridized carbons (Fsp3) is 0.385. The smallest absolute Gasteiger partial charge is 0.270 e. The number of fused-ring (bicyclic) bond motifs is 1. The van der Waals surface area contributed by atoms with Crippen LogP contribution in [0.3, 0.4) is 0 Å². The van der Waals surface area contributed by atoms with Crippen molar-refractivity contribution in [2.45, 2.75) is 18.9 Å². The third-order valence-electron chi connectivity index (χ3n) is 3.27. The predicted octanol–water partition coefficient (Wildman–Crippen LogP) is 0.507. The number of nitrogens with zero attached hydrogens (tertiary/aromatic N) is 3. The van der Waals surface area contributed by atoms with Crippen molar-refractivity contribution in [1.82, 2.24) is 25.6 Å². The summed E-state index contributed by atoms with van der Waals surface area (Å²) < 4.78 is 0. The van der Waals surface area contributed by atoms with Crippen LogP contribution in [0.15, 0.2) is 24.7 Å². The molecule has 1 fully saturated rings. The number of carbonyl (C=O) groups excluding carboxylic acids is 1. The van der Waals surface area contributed by atoms with E-state index in [1.807, 2.05) is 6.07 Å². The Morgan fingerprint density at radius 1 is 1.47 bits per heavy atom. The summed E-state index contributed by atoms with van der Waals surface area (Å²) in [5.74, 6) is -0.158. The maximum Gasteiger partial charge on any atom is 0.270 e. The Morgan fingerprint density at radius 3 is 3.26 bits per heavy atom. The van der Waals surface area contributed by atoms with E-state index in [4.69, 9.17) is 0 Å². The zero-order valence-electron chi connectivity index (χ0n) is 10.5. The second-order valence-electron chi connectivity index (χ2n) is 4.64. The third kappa shape index (κ3) is 2.68. The Balaban J connectivity index is 1.70. The maximum atomic E-state index is 12.0. The summed E-state index contributed by atoms with van der Waals surface area (Å²) in [7, 11) is 0. The van der Waals surface area contributed by atoms with Gasteiger partial charge in [0.15, 0.2) is 5.65 Å². The number of nitrogens with one attached hydrogen (secondary N) is 2. The second-order valence-corrected chi connectivity index (χ2v) is 4.64. The zero-order chi connectivity index (χ0) is 13.1. The molecule has 6 nitrogen and oxygen atoms in total. The van der Waals surface area contributed by atoms with Crippen LogP contribution in [0.1, 0.15) is 23.3 Å². The van der Waals surface area contributed by atoms with Crippen molar-refractivity contribution in [1.29, 1.82) is 0 Å². The van der Waals surface area contributed by atoms with E-state index in [0.29, 0.717) is 23.9 Å². The minimum atomic E-state index is -0.158. The van der Waals surface area contributed by atoms with E-state index in [2.05, 4.69) is 25.6 Å². The molecule has 2 aromatic rings. The monoisotopic (exact) mass is 257 g/mol. The molecule has 1 saturated heterocycles. The van der Waals surface area contributed by atoms with E-state index in [0.717, 1.165) is 18.4 Å². The fourth-order valence-corrected chi connectivity index (χ4v) is 2.23. The molecule has 1 unspecified atom stereocenters. The second kappa shape index (κ2) is 5.27. The number of rotatable bonds is 3. The molecule has 1 atom stereocenters. The zero-order valence-corrected chi connectivity index (χ0v) is 10.5. The van der Waals surface area contributed by atoms with Crippen LogP contribution in [0.25, 0.3) is 11.0 Å². The topological polar surface area (TPSA) is 79.8 Å². The Morgan fingerprint density at radius 2 is 2.42 bits per heavy atom. The number of hydrogen-bond acceptors (Lipinski definition) is 5. The Labute approximate surface area is 110 Å². The van der Waals surface area contributed by atoms with Gasteiger partial charge in [0.05, 0.1) is 0 Å². The van der Waals surface area contributed by atoms with Gasteiger partial charge in [-0.1, -0.05) is 0 Å². The lowest BCUT2D eigenvalue weighted by atomic mass is 10.2. The summed E-state index contributed by atoms with van der Waals surface area (Å²) in [6.07, 6.45) is 5.39. The van der Waals surface area contributed by atoms with Crippen LogP contribution in [0.5, 0.6) is 0 Å². The minimum absolute atomic E-state index is 0.158. The molecule has 2 aromatic heterocycles. The van der Waals surface area contributed by atoms with Crippen molar-refractivity contribution in [3.63, 3.8) is 0 Å². The van der Waals surface area contributed by atoms with Gasteiger partial charge in [-0.3, -0.25) is 4.79 Å². The number of aromatic nitrogens is 3. The number of carbonyl (C=O) groups is 1. The van der Waals surface area contributed by atoms with Crippen molar-refractivity contribution in [2.75, 3.05) is 13.1 Å². The van der Waals surface area contributed by atoms with Gasteiger partial charge in [0.2, 0.25) is 0 Å². The van der Waals surface area contributed by atoms with Crippen LogP contribution in [0, 0.1) is 0 Å².